The Labute approximate surface area is 110 Å². The fraction of sp³-hybridized carbons (Fsp3) is 0. The molecule has 1 atom stereocenters. The molecule has 0 aliphatic heterocycles. The summed E-state index contributed by atoms with van der Waals surface area (Å²) in [5, 5.41) is 1.84. The molecule has 5 heteroatoms. The molecule has 0 amide bonds. The summed E-state index contributed by atoms with van der Waals surface area (Å²) in [4.78, 5) is 8.69. The third-order valence-electron chi connectivity index (χ3n) is 1.95. The maximum atomic E-state index is 10.6. The molecule has 0 radical (unpaired) electrons. The van der Waals surface area contributed by atoms with E-state index in [1.165, 1.54) is 0 Å². The summed E-state index contributed by atoms with van der Waals surface area (Å²) in [6, 6.07) is 13.0. The Balaban J connectivity index is 0.00000112. The molecule has 0 spiro atoms. The molecule has 74 valence electrons. The monoisotopic (exact) mass is 232 g/mol. The van der Waals surface area contributed by atoms with Crippen molar-refractivity contribution in [2.75, 3.05) is 0 Å². The number of fused-ring (bicyclic) bond motifs is 1. The molecule has 2 aromatic rings. The molecule has 0 saturated heterocycles. The Morgan fingerprint density at radius 1 is 1.07 bits per heavy atom. The second-order valence-electron chi connectivity index (χ2n) is 2.85. The van der Waals surface area contributed by atoms with Gasteiger partial charge in [0.15, 0.2) is 0 Å². The van der Waals surface area contributed by atoms with E-state index in [0.29, 0.717) is 5.75 Å². The van der Waals surface area contributed by atoms with Crippen molar-refractivity contribution in [3.8, 4) is 5.75 Å². The van der Waals surface area contributed by atoms with Gasteiger partial charge >= 0.3 is 37.8 Å². The molecule has 0 aromatic heterocycles. The minimum atomic E-state index is -2.93. The summed E-state index contributed by atoms with van der Waals surface area (Å²) in [5.41, 5.74) is 0. The van der Waals surface area contributed by atoms with E-state index in [9.17, 15) is 4.57 Å². The molecule has 3 nitrogen and oxygen atoms in total. The van der Waals surface area contributed by atoms with Crippen LogP contribution >= 0.6 is 8.25 Å². The van der Waals surface area contributed by atoms with Gasteiger partial charge in [-0.15, -0.1) is 0 Å². The summed E-state index contributed by atoms with van der Waals surface area (Å²) >= 11 is 0. The maximum absolute atomic E-state index is 10.6. The van der Waals surface area contributed by atoms with Crippen LogP contribution in [0, 0.1) is 0 Å². The Hall–Kier alpha value is -0.310. The molecular weight excluding hydrogens is 222 g/mol. The first kappa shape index (κ1) is 12.8. The van der Waals surface area contributed by atoms with E-state index in [1.807, 2.05) is 30.3 Å². The number of hydrogen-bond acceptors (Lipinski definition) is 2. The van der Waals surface area contributed by atoms with E-state index in [0.717, 1.165) is 10.8 Å². The SMILES string of the molecule is O=[PH](O)Oc1cccc2ccccc12.[NaH]. The van der Waals surface area contributed by atoms with E-state index in [-0.39, 0.29) is 29.6 Å². The Morgan fingerprint density at radius 2 is 1.73 bits per heavy atom. The molecule has 0 aliphatic rings. The predicted molar refractivity (Wildman–Crippen MR) is 62.9 cm³/mol. The van der Waals surface area contributed by atoms with Crippen LogP contribution in [-0.4, -0.2) is 34.5 Å². The van der Waals surface area contributed by atoms with Gasteiger partial charge in [-0.05, 0) is 11.5 Å². The second kappa shape index (κ2) is 5.69. The zero-order valence-corrected chi connectivity index (χ0v) is 8.31. The number of benzene rings is 2. The fourth-order valence-corrected chi connectivity index (χ4v) is 1.74. The van der Waals surface area contributed by atoms with Crippen LogP contribution in [-0.2, 0) is 4.57 Å². The molecule has 0 heterocycles. The molecule has 0 fully saturated rings. The van der Waals surface area contributed by atoms with Crippen LogP contribution < -0.4 is 4.52 Å². The van der Waals surface area contributed by atoms with Gasteiger partial charge in [-0.1, -0.05) is 36.4 Å². The summed E-state index contributed by atoms with van der Waals surface area (Å²) in [6.45, 7) is 0. The zero-order chi connectivity index (χ0) is 9.97. The van der Waals surface area contributed by atoms with Gasteiger partial charge in [-0.25, -0.2) is 4.57 Å². The van der Waals surface area contributed by atoms with Crippen LogP contribution in [0.2, 0.25) is 0 Å². The summed E-state index contributed by atoms with van der Waals surface area (Å²) in [6.07, 6.45) is 0. The van der Waals surface area contributed by atoms with Crippen molar-refractivity contribution in [1.82, 2.24) is 0 Å². The van der Waals surface area contributed by atoms with E-state index < -0.39 is 8.25 Å². The van der Waals surface area contributed by atoms with Crippen LogP contribution in [0.15, 0.2) is 42.5 Å². The third-order valence-corrected chi connectivity index (χ3v) is 2.34. The summed E-state index contributed by atoms with van der Waals surface area (Å²) in [5.74, 6) is 0.453. The van der Waals surface area contributed by atoms with Crippen molar-refractivity contribution in [3.63, 3.8) is 0 Å². The van der Waals surface area contributed by atoms with Gasteiger partial charge in [0.2, 0.25) is 0 Å². The molecule has 0 saturated carbocycles. The van der Waals surface area contributed by atoms with Crippen molar-refractivity contribution in [3.05, 3.63) is 42.5 Å². The van der Waals surface area contributed by atoms with Crippen LogP contribution in [0.1, 0.15) is 0 Å². The van der Waals surface area contributed by atoms with Crippen LogP contribution in [0.5, 0.6) is 5.75 Å². The predicted octanol–water partition coefficient (Wildman–Crippen LogP) is 1.95. The van der Waals surface area contributed by atoms with Gasteiger partial charge in [0, 0.05) is 5.39 Å². The molecule has 0 aliphatic carbocycles. The Morgan fingerprint density at radius 3 is 2.47 bits per heavy atom. The van der Waals surface area contributed by atoms with E-state index >= 15 is 0 Å². The average Bonchev–Trinajstić information content (AvgIpc) is 2.18. The first-order valence-corrected chi connectivity index (χ1v) is 5.42. The van der Waals surface area contributed by atoms with Gasteiger partial charge in [-0.3, -0.25) is 0 Å². The summed E-state index contributed by atoms with van der Waals surface area (Å²) in [7, 11) is -2.93. The summed E-state index contributed by atoms with van der Waals surface area (Å²) < 4.78 is 15.4. The average molecular weight is 232 g/mol. The van der Waals surface area contributed by atoms with Gasteiger partial charge in [0.1, 0.15) is 5.75 Å². The third kappa shape index (κ3) is 3.07. The number of hydrogen-bond donors (Lipinski definition) is 1. The van der Waals surface area contributed by atoms with Crippen molar-refractivity contribution in [1.29, 1.82) is 0 Å². The van der Waals surface area contributed by atoms with Gasteiger partial charge in [-0.2, -0.15) is 0 Å². The van der Waals surface area contributed by atoms with Crippen molar-refractivity contribution < 1.29 is 14.0 Å². The molecule has 2 rings (SSSR count). The molecule has 1 N–H and O–H groups in total. The van der Waals surface area contributed by atoms with Gasteiger partial charge in [0.25, 0.3) is 0 Å². The zero-order valence-electron chi connectivity index (χ0n) is 7.31. The van der Waals surface area contributed by atoms with Crippen LogP contribution in [0.25, 0.3) is 10.8 Å². The van der Waals surface area contributed by atoms with Crippen LogP contribution in [0.4, 0.5) is 0 Å². The van der Waals surface area contributed by atoms with Gasteiger partial charge in [0.05, 0.1) is 0 Å². The van der Waals surface area contributed by atoms with Crippen LogP contribution in [0.3, 0.4) is 0 Å². The van der Waals surface area contributed by atoms with Gasteiger partial charge < -0.3 is 9.42 Å². The Kier molecular flexibility index (Phi) is 4.84. The fourth-order valence-electron chi connectivity index (χ4n) is 1.38. The quantitative estimate of drug-likeness (QED) is 0.635. The second-order valence-corrected chi connectivity index (χ2v) is 3.58. The molecule has 15 heavy (non-hydrogen) atoms. The normalized spacial score (nSPS) is 11.8. The molecule has 2 aromatic carbocycles. The molecular formula is C10H10NaO3P. The Bertz CT molecular complexity index is 482. The van der Waals surface area contributed by atoms with Crippen molar-refractivity contribution in [2.24, 2.45) is 0 Å². The van der Waals surface area contributed by atoms with E-state index in [1.54, 1.807) is 12.1 Å². The first-order valence-electron chi connectivity index (χ1n) is 4.16. The van der Waals surface area contributed by atoms with Crippen molar-refractivity contribution >= 4 is 48.6 Å². The molecule has 1 unspecified atom stereocenters. The topological polar surface area (TPSA) is 46.5 Å². The van der Waals surface area contributed by atoms with E-state index in [4.69, 9.17) is 9.42 Å². The minimum absolute atomic E-state index is 0. The molecule has 0 bridgehead atoms. The standard InChI is InChI=1S/C10H9O3P.Na.H/c11-14(12)13-10-7-3-5-8-4-1-2-6-9(8)10;;/h1-7,14H,(H,11,12);;. The van der Waals surface area contributed by atoms with E-state index in [2.05, 4.69) is 0 Å². The number of rotatable bonds is 2. The van der Waals surface area contributed by atoms with Crippen molar-refractivity contribution in [2.45, 2.75) is 0 Å². The first-order chi connectivity index (χ1) is 6.77.